The van der Waals surface area contributed by atoms with Crippen molar-refractivity contribution >= 4 is 24.5 Å². The van der Waals surface area contributed by atoms with Gasteiger partial charge in [-0.15, -0.1) is 0 Å². The molecule has 0 spiro atoms. The lowest BCUT2D eigenvalue weighted by Gasteiger charge is -2.30. The highest BCUT2D eigenvalue weighted by Gasteiger charge is 2.49. The van der Waals surface area contributed by atoms with Gasteiger partial charge in [0.1, 0.15) is 24.1 Å². The lowest BCUT2D eigenvalue weighted by molar-refractivity contribution is -0.147. The molecule has 1 fully saturated rings. The summed E-state index contributed by atoms with van der Waals surface area (Å²) in [6.45, 7) is 5.24. The van der Waals surface area contributed by atoms with E-state index in [1.165, 1.54) is 13.0 Å². The largest absolute Gasteiger partial charge is 0.464 e. The number of aliphatic hydroxyl groups is 1. The van der Waals surface area contributed by atoms with Gasteiger partial charge in [0.15, 0.2) is 6.10 Å². The third kappa shape index (κ3) is 8.22. The van der Waals surface area contributed by atoms with Crippen molar-refractivity contribution in [3.05, 3.63) is 75.3 Å². The minimum absolute atomic E-state index is 0.0180. The Morgan fingerprint density at radius 2 is 1.87 bits per heavy atom. The molecule has 45 heavy (non-hydrogen) atoms. The molecule has 0 saturated carbocycles. The molecule has 0 unspecified atom stereocenters. The first-order chi connectivity index (χ1) is 21.4. The van der Waals surface area contributed by atoms with E-state index in [-0.39, 0.29) is 18.3 Å². The first kappa shape index (κ1) is 34.4. The van der Waals surface area contributed by atoms with Crippen LogP contribution in [-0.4, -0.2) is 58.0 Å². The fourth-order valence-electron chi connectivity index (χ4n) is 4.85. The van der Waals surface area contributed by atoms with Gasteiger partial charge in [-0.25, -0.2) is 18.1 Å². The summed E-state index contributed by atoms with van der Waals surface area (Å²) >= 11 is 0. The fraction of sp³-hybridized carbons (Fsp3) is 0.483. The monoisotopic (exact) mass is 657 g/mol. The van der Waals surface area contributed by atoms with Crippen molar-refractivity contribution in [1.29, 1.82) is 0 Å². The average molecular weight is 658 g/mol. The molecule has 0 bridgehead atoms. The Balaban J connectivity index is 1.64. The van der Waals surface area contributed by atoms with Gasteiger partial charge < -0.3 is 19.1 Å². The number of esters is 1. The highest BCUT2D eigenvalue weighted by atomic mass is 31.2. The van der Waals surface area contributed by atoms with Crippen molar-refractivity contribution in [1.82, 2.24) is 14.6 Å². The Hall–Kier alpha value is -3.49. The van der Waals surface area contributed by atoms with E-state index in [4.69, 9.17) is 18.5 Å². The number of hydrogen-bond donors (Lipinski definition) is 3. The molecular weight excluding hydrogens is 622 g/mol. The van der Waals surface area contributed by atoms with Crippen LogP contribution in [0.25, 0.3) is 10.8 Å². The molecule has 12 nitrogen and oxygen atoms in total. The summed E-state index contributed by atoms with van der Waals surface area (Å²) in [6.07, 6.45) is -9.45. The van der Waals surface area contributed by atoms with E-state index in [0.717, 1.165) is 12.8 Å². The van der Waals surface area contributed by atoms with Gasteiger partial charge in [0.05, 0.1) is 18.9 Å². The van der Waals surface area contributed by atoms with Gasteiger partial charge in [-0.1, -0.05) is 63.1 Å². The van der Waals surface area contributed by atoms with Gasteiger partial charge >= 0.3 is 19.4 Å². The number of carbonyl (C=O) groups is 1. The van der Waals surface area contributed by atoms with Gasteiger partial charge in [0.25, 0.3) is 12.0 Å². The number of hydrogen-bond acceptors (Lipinski definition) is 9. The second-order valence-electron chi connectivity index (χ2n) is 10.6. The van der Waals surface area contributed by atoms with Crippen LogP contribution in [0.4, 0.5) is 13.2 Å². The number of benzene rings is 2. The van der Waals surface area contributed by atoms with Crippen LogP contribution in [0.1, 0.15) is 46.3 Å². The molecule has 246 valence electrons. The van der Waals surface area contributed by atoms with E-state index in [2.05, 4.69) is 5.09 Å². The minimum atomic E-state index is -4.92. The first-order valence-corrected chi connectivity index (χ1v) is 15.9. The average Bonchev–Trinajstić information content (AvgIpc) is 3.38. The van der Waals surface area contributed by atoms with Crippen LogP contribution in [0.3, 0.4) is 0 Å². The zero-order valence-corrected chi connectivity index (χ0v) is 25.6. The third-order valence-electron chi connectivity index (χ3n) is 7.49. The van der Waals surface area contributed by atoms with E-state index >= 15 is 0 Å². The van der Waals surface area contributed by atoms with Crippen molar-refractivity contribution < 1.29 is 46.2 Å². The Bertz CT molecular complexity index is 1640. The maximum Gasteiger partial charge on any atom is 0.460 e. The predicted molar refractivity (Wildman–Crippen MR) is 157 cm³/mol. The van der Waals surface area contributed by atoms with Crippen molar-refractivity contribution in [3.63, 3.8) is 0 Å². The van der Waals surface area contributed by atoms with Gasteiger partial charge in [-0.2, -0.15) is 9.48 Å². The number of halogens is 3. The maximum absolute atomic E-state index is 14.6. The topological polar surface area (TPSA) is 158 Å². The Labute approximate surface area is 256 Å². The van der Waals surface area contributed by atoms with Crippen LogP contribution in [0.2, 0.25) is 0 Å². The number of alkyl halides is 2. The summed E-state index contributed by atoms with van der Waals surface area (Å²) in [5.74, 6) is -2.12. The highest BCUT2D eigenvalue weighted by Crippen LogP contribution is 2.50. The van der Waals surface area contributed by atoms with Crippen LogP contribution in [-0.2, 0) is 23.4 Å². The first-order valence-electron chi connectivity index (χ1n) is 14.4. The summed E-state index contributed by atoms with van der Waals surface area (Å²) in [5, 5.41) is 14.2. The second kappa shape index (κ2) is 14.7. The number of rotatable bonds is 14. The quantitative estimate of drug-likeness (QED) is 0.169. The summed E-state index contributed by atoms with van der Waals surface area (Å²) < 4.78 is 79.9. The smallest absolute Gasteiger partial charge is 0.460 e. The van der Waals surface area contributed by atoms with Gasteiger partial charge in [-0.3, -0.25) is 23.7 Å². The molecule has 4 rings (SSSR count). The normalized spacial score (nSPS) is 21.1. The molecule has 3 aromatic rings. The van der Waals surface area contributed by atoms with E-state index in [9.17, 15) is 37.2 Å². The number of ether oxygens (including phenoxy) is 2. The third-order valence-corrected chi connectivity index (χ3v) is 9.15. The summed E-state index contributed by atoms with van der Waals surface area (Å²) in [6, 6.07) is 10.2. The maximum atomic E-state index is 14.6. The van der Waals surface area contributed by atoms with E-state index in [0.29, 0.717) is 21.5 Å². The summed E-state index contributed by atoms with van der Waals surface area (Å²) in [7, 11) is -4.92. The van der Waals surface area contributed by atoms with Gasteiger partial charge in [0.2, 0.25) is 5.82 Å². The Morgan fingerprint density at radius 3 is 2.56 bits per heavy atom. The molecule has 2 heterocycles. The molecule has 1 aromatic heterocycles. The molecule has 2 aromatic carbocycles. The van der Waals surface area contributed by atoms with Crippen LogP contribution >= 0.6 is 7.75 Å². The SMILES string of the molecule is CCC(CC)COC(=O)[C@H](C)N[P@@](=O)(Oc1cccc2ccccc12)O[C@H](C(F)F)[C@H]1O[C@@H](n2cc(F)c(=O)[nH]c2=O)C[C@@H]1O. The number of carbonyl (C=O) groups excluding carboxylic acids is 1. The zero-order chi connectivity index (χ0) is 32.9. The van der Waals surface area contributed by atoms with Crippen molar-refractivity contribution in [2.75, 3.05) is 6.61 Å². The zero-order valence-electron chi connectivity index (χ0n) is 24.7. The molecule has 0 amide bonds. The molecular formula is C29H35F3N3O9P. The van der Waals surface area contributed by atoms with E-state index in [1.54, 1.807) is 41.4 Å². The Kier molecular flexibility index (Phi) is 11.3. The minimum Gasteiger partial charge on any atom is -0.464 e. The van der Waals surface area contributed by atoms with Crippen molar-refractivity contribution in [3.8, 4) is 5.75 Å². The number of nitrogens with zero attached hydrogens (tertiary/aromatic N) is 1. The number of nitrogens with one attached hydrogen (secondary N) is 2. The molecule has 1 saturated heterocycles. The number of fused-ring (bicyclic) bond motifs is 1. The molecule has 0 aliphatic carbocycles. The second-order valence-corrected chi connectivity index (χ2v) is 12.3. The van der Waals surface area contributed by atoms with Crippen LogP contribution in [0.5, 0.6) is 5.75 Å². The van der Waals surface area contributed by atoms with Crippen molar-refractivity contribution in [2.45, 2.75) is 77.0 Å². The molecule has 1 aliphatic rings. The standard InChI is InChI=1S/C29H35F3N3O9P/c1-4-17(5-2)15-41-28(38)16(3)34-45(40,43-22-12-8-10-18-9-6-7-11-19(18)22)44-25(26(31)32)24-21(36)13-23(42-24)35-14-20(30)27(37)33-29(35)39/h6-12,14,16-17,21,23-26,36H,4-5,13,15H2,1-3H3,(H,34,40)(H,33,37,39)/t16-,21-,23+,24-,25-,45+/m0/s1. The lowest BCUT2D eigenvalue weighted by Crippen LogP contribution is -2.44. The number of aromatic nitrogens is 2. The van der Waals surface area contributed by atoms with E-state index in [1.807, 2.05) is 13.8 Å². The molecule has 0 radical (unpaired) electrons. The van der Waals surface area contributed by atoms with Crippen LogP contribution in [0.15, 0.2) is 58.3 Å². The molecule has 1 aliphatic heterocycles. The molecule has 16 heteroatoms. The number of H-pyrrole nitrogens is 1. The van der Waals surface area contributed by atoms with Gasteiger partial charge in [-0.05, 0) is 24.3 Å². The Morgan fingerprint density at radius 1 is 1.18 bits per heavy atom. The highest BCUT2D eigenvalue weighted by molar-refractivity contribution is 7.52. The predicted octanol–water partition coefficient (Wildman–Crippen LogP) is 4.27. The van der Waals surface area contributed by atoms with E-state index < -0.39 is 74.2 Å². The molecule has 3 N–H and O–H groups in total. The molecule has 6 atom stereocenters. The summed E-state index contributed by atoms with van der Waals surface area (Å²) in [4.78, 5) is 38.2. The van der Waals surface area contributed by atoms with Crippen LogP contribution < -0.4 is 20.9 Å². The fourth-order valence-corrected chi connectivity index (χ4v) is 6.54. The number of aromatic amines is 1. The lowest BCUT2D eigenvalue weighted by atomic mass is 10.1. The van der Waals surface area contributed by atoms with Crippen LogP contribution in [0, 0.1) is 11.7 Å². The summed E-state index contributed by atoms with van der Waals surface area (Å²) in [5.41, 5.74) is -2.41. The van der Waals surface area contributed by atoms with Gasteiger partial charge in [0, 0.05) is 11.8 Å². The van der Waals surface area contributed by atoms with Crippen molar-refractivity contribution in [2.24, 2.45) is 5.92 Å². The number of aliphatic hydroxyl groups excluding tert-OH is 1.